The minimum Gasteiger partial charge on any atom is -0.507 e. The van der Waals surface area contributed by atoms with Gasteiger partial charge in [0.25, 0.3) is 5.91 Å². The number of carbonyl (C=O) groups excluding carboxylic acids is 1. The number of hydrogen-bond donors (Lipinski definition) is 3. The monoisotopic (exact) mass is 363 g/mol. The molecule has 1 amide bonds. The van der Waals surface area contributed by atoms with Crippen LogP contribution in [0.2, 0.25) is 0 Å². The topological polar surface area (TPSA) is 89.5 Å². The average Bonchev–Trinajstić information content (AvgIpc) is 3.19. The van der Waals surface area contributed by atoms with Gasteiger partial charge in [-0.3, -0.25) is 9.89 Å². The summed E-state index contributed by atoms with van der Waals surface area (Å²) in [5, 5.41) is 27.1. The van der Waals surface area contributed by atoms with Crippen molar-refractivity contribution in [1.82, 2.24) is 15.1 Å². The van der Waals surface area contributed by atoms with Crippen molar-refractivity contribution in [3.8, 4) is 17.0 Å². The van der Waals surface area contributed by atoms with Gasteiger partial charge >= 0.3 is 0 Å². The highest BCUT2D eigenvalue weighted by molar-refractivity contribution is 6.00. The van der Waals surface area contributed by atoms with Crippen molar-refractivity contribution < 1.29 is 15.0 Å². The minimum absolute atomic E-state index is 0.116. The van der Waals surface area contributed by atoms with Crippen LogP contribution >= 0.6 is 0 Å². The zero-order chi connectivity index (χ0) is 19.1. The van der Waals surface area contributed by atoms with E-state index in [1.54, 1.807) is 11.0 Å². The molecule has 0 radical (unpaired) electrons. The maximum atomic E-state index is 12.9. The molecule has 1 aliphatic rings. The molecule has 6 heteroatoms. The van der Waals surface area contributed by atoms with Crippen LogP contribution in [0.5, 0.6) is 5.75 Å². The number of amides is 1. The van der Waals surface area contributed by atoms with Gasteiger partial charge in [-0.1, -0.05) is 41.5 Å². The lowest BCUT2D eigenvalue weighted by atomic mass is 9.94. The van der Waals surface area contributed by atoms with Crippen molar-refractivity contribution in [2.24, 2.45) is 0 Å². The lowest BCUT2D eigenvalue weighted by Gasteiger charge is -2.25. The molecule has 0 fully saturated rings. The first-order valence-corrected chi connectivity index (χ1v) is 8.88. The lowest BCUT2D eigenvalue weighted by Crippen LogP contribution is -2.32. The Balaban J connectivity index is 1.92. The number of fused-ring (bicyclic) bond motifs is 1. The Labute approximate surface area is 157 Å². The molecule has 0 bridgehead atoms. The third-order valence-electron chi connectivity index (χ3n) is 5.00. The van der Waals surface area contributed by atoms with Crippen LogP contribution in [-0.4, -0.2) is 44.4 Å². The SMILES string of the molecule is Cc1ccc([C@H]2c3c(-c4cc(C)ccc4O)n[nH]c3C(=O)N2CCO)cc1. The number of aromatic nitrogens is 2. The fraction of sp³-hybridized carbons (Fsp3) is 0.238. The fourth-order valence-electron chi connectivity index (χ4n) is 3.68. The molecule has 0 spiro atoms. The molecule has 6 nitrogen and oxygen atoms in total. The molecule has 3 N–H and O–H groups in total. The van der Waals surface area contributed by atoms with Crippen LogP contribution in [0.25, 0.3) is 11.3 Å². The van der Waals surface area contributed by atoms with Crippen molar-refractivity contribution in [3.63, 3.8) is 0 Å². The van der Waals surface area contributed by atoms with Crippen LogP contribution in [0.15, 0.2) is 42.5 Å². The summed E-state index contributed by atoms with van der Waals surface area (Å²) in [4.78, 5) is 14.6. The van der Waals surface area contributed by atoms with Crippen molar-refractivity contribution in [2.45, 2.75) is 19.9 Å². The number of benzene rings is 2. The van der Waals surface area contributed by atoms with Gasteiger partial charge in [-0.25, -0.2) is 0 Å². The third kappa shape index (κ3) is 2.78. The Kier molecular flexibility index (Phi) is 4.20. The number of carbonyl (C=O) groups is 1. The lowest BCUT2D eigenvalue weighted by molar-refractivity contribution is 0.0706. The summed E-state index contributed by atoms with van der Waals surface area (Å²) in [6, 6.07) is 12.9. The molecule has 138 valence electrons. The van der Waals surface area contributed by atoms with Gasteiger partial charge in [-0.15, -0.1) is 0 Å². The van der Waals surface area contributed by atoms with Crippen molar-refractivity contribution in [3.05, 3.63) is 70.4 Å². The average molecular weight is 363 g/mol. The number of aliphatic hydroxyl groups excluding tert-OH is 1. The summed E-state index contributed by atoms with van der Waals surface area (Å²) in [5.41, 5.74) is 5.34. The van der Waals surface area contributed by atoms with E-state index in [2.05, 4.69) is 10.2 Å². The van der Waals surface area contributed by atoms with Gasteiger partial charge in [0.2, 0.25) is 0 Å². The zero-order valence-electron chi connectivity index (χ0n) is 15.2. The number of aromatic hydroxyl groups is 1. The third-order valence-corrected chi connectivity index (χ3v) is 5.00. The Morgan fingerprint density at radius 1 is 1.11 bits per heavy atom. The first-order chi connectivity index (χ1) is 13.0. The molecule has 0 unspecified atom stereocenters. The second-order valence-electron chi connectivity index (χ2n) is 6.92. The van der Waals surface area contributed by atoms with E-state index in [0.717, 1.165) is 22.3 Å². The molecule has 3 aromatic rings. The van der Waals surface area contributed by atoms with E-state index in [9.17, 15) is 15.0 Å². The fourth-order valence-corrected chi connectivity index (χ4v) is 3.68. The van der Waals surface area contributed by atoms with Crippen LogP contribution in [0.4, 0.5) is 0 Å². The quantitative estimate of drug-likeness (QED) is 0.665. The van der Waals surface area contributed by atoms with Gasteiger partial charge in [0, 0.05) is 17.7 Å². The first kappa shape index (κ1) is 17.3. The van der Waals surface area contributed by atoms with Crippen LogP contribution in [0.1, 0.15) is 38.8 Å². The molecule has 2 heterocycles. The predicted octanol–water partition coefficient (Wildman–Crippen LogP) is 2.94. The summed E-state index contributed by atoms with van der Waals surface area (Å²) in [5.74, 6) is -0.0823. The number of aliphatic hydroxyl groups is 1. The van der Waals surface area contributed by atoms with E-state index in [-0.39, 0.29) is 30.9 Å². The maximum Gasteiger partial charge on any atom is 0.273 e. The smallest absolute Gasteiger partial charge is 0.273 e. The number of aromatic amines is 1. The highest BCUT2D eigenvalue weighted by atomic mass is 16.3. The van der Waals surface area contributed by atoms with Gasteiger partial charge in [-0.2, -0.15) is 5.10 Å². The number of hydrogen-bond acceptors (Lipinski definition) is 4. The molecular weight excluding hydrogens is 342 g/mol. The van der Waals surface area contributed by atoms with E-state index in [1.807, 2.05) is 50.2 Å². The molecule has 0 saturated carbocycles. The number of nitrogens with zero attached hydrogens (tertiary/aromatic N) is 2. The maximum absolute atomic E-state index is 12.9. The second kappa shape index (κ2) is 6.55. The number of β-amino-alcohol motifs (C(OH)–C–C–N with tert-alkyl or cyclic N) is 1. The largest absolute Gasteiger partial charge is 0.507 e. The summed E-state index contributed by atoms with van der Waals surface area (Å²) in [6.45, 7) is 4.04. The molecule has 0 saturated heterocycles. The Hall–Kier alpha value is -3.12. The molecule has 0 aliphatic carbocycles. The van der Waals surface area contributed by atoms with E-state index in [0.29, 0.717) is 17.0 Å². The van der Waals surface area contributed by atoms with Crippen LogP contribution in [0.3, 0.4) is 0 Å². The summed E-state index contributed by atoms with van der Waals surface area (Å²) < 4.78 is 0. The van der Waals surface area contributed by atoms with E-state index in [1.165, 1.54) is 0 Å². The number of phenols is 1. The number of aryl methyl sites for hydroxylation is 2. The number of nitrogens with one attached hydrogen (secondary N) is 1. The van der Waals surface area contributed by atoms with Crippen LogP contribution < -0.4 is 0 Å². The van der Waals surface area contributed by atoms with Gasteiger partial charge in [0.1, 0.15) is 17.1 Å². The Morgan fingerprint density at radius 2 is 1.81 bits per heavy atom. The van der Waals surface area contributed by atoms with Crippen molar-refractivity contribution in [2.75, 3.05) is 13.2 Å². The van der Waals surface area contributed by atoms with Crippen LogP contribution in [-0.2, 0) is 0 Å². The summed E-state index contributed by atoms with van der Waals surface area (Å²) in [7, 11) is 0. The molecule has 27 heavy (non-hydrogen) atoms. The Morgan fingerprint density at radius 3 is 2.52 bits per heavy atom. The Bertz CT molecular complexity index is 1010. The summed E-state index contributed by atoms with van der Waals surface area (Å²) >= 11 is 0. The highest BCUT2D eigenvalue weighted by Gasteiger charge is 2.42. The predicted molar refractivity (Wildman–Crippen MR) is 102 cm³/mol. The number of phenolic OH excluding ortho intramolecular Hbond substituents is 1. The van der Waals surface area contributed by atoms with E-state index in [4.69, 9.17) is 0 Å². The number of rotatable bonds is 4. The van der Waals surface area contributed by atoms with Gasteiger partial charge < -0.3 is 15.1 Å². The second-order valence-corrected chi connectivity index (χ2v) is 6.92. The molecular formula is C21H21N3O3. The standard InChI is InChI=1S/C21H21N3O3/c1-12-3-6-14(7-4-12)20-17-18(15-11-13(2)5-8-16(15)26)22-23-19(17)21(27)24(20)9-10-25/h3-8,11,20,25-26H,9-10H2,1-2H3,(H,22,23)/t20-/m0/s1. The molecule has 2 aromatic carbocycles. The molecule has 1 aliphatic heterocycles. The van der Waals surface area contributed by atoms with Gasteiger partial charge in [0.15, 0.2) is 0 Å². The van der Waals surface area contributed by atoms with Gasteiger partial charge in [0.05, 0.1) is 12.6 Å². The summed E-state index contributed by atoms with van der Waals surface area (Å²) in [6.07, 6.45) is 0. The number of H-pyrrole nitrogens is 1. The molecule has 1 atom stereocenters. The highest BCUT2D eigenvalue weighted by Crippen LogP contribution is 2.44. The minimum atomic E-state index is -0.367. The van der Waals surface area contributed by atoms with Crippen molar-refractivity contribution >= 4 is 5.91 Å². The molecule has 1 aromatic heterocycles. The van der Waals surface area contributed by atoms with E-state index >= 15 is 0 Å². The zero-order valence-corrected chi connectivity index (χ0v) is 15.2. The first-order valence-electron chi connectivity index (χ1n) is 8.88. The van der Waals surface area contributed by atoms with Crippen molar-refractivity contribution in [1.29, 1.82) is 0 Å². The molecule has 4 rings (SSSR count). The van der Waals surface area contributed by atoms with E-state index < -0.39 is 0 Å². The normalized spacial score (nSPS) is 16.0. The van der Waals surface area contributed by atoms with Crippen LogP contribution in [0, 0.1) is 13.8 Å². The van der Waals surface area contributed by atoms with Gasteiger partial charge in [-0.05, 0) is 31.5 Å².